The van der Waals surface area contributed by atoms with Gasteiger partial charge in [0.25, 0.3) is 0 Å². The van der Waals surface area contributed by atoms with E-state index >= 15 is 0 Å². The molecule has 1 unspecified atom stereocenters. The Kier molecular flexibility index (Phi) is 5.29. The van der Waals surface area contributed by atoms with Gasteiger partial charge in [0.15, 0.2) is 0 Å². The second kappa shape index (κ2) is 6.57. The fourth-order valence-corrected chi connectivity index (χ4v) is 3.99. The van der Waals surface area contributed by atoms with Crippen LogP contribution >= 0.6 is 15.9 Å². The van der Waals surface area contributed by atoms with Crippen LogP contribution in [0.5, 0.6) is 0 Å². The Balaban J connectivity index is 1.90. The van der Waals surface area contributed by atoms with E-state index in [-0.39, 0.29) is 11.3 Å². The van der Waals surface area contributed by atoms with Gasteiger partial charge in [-0.1, -0.05) is 42.6 Å². The number of rotatable bonds is 3. The van der Waals surface area contributed by atoms with Crippen LogP contribution in [0.3, 0.4) is 0 Å². The van der Waals surface area contributed by atoms with E-state index < -0.39 is 0 Å². The Bertz CT molecular complexity index is 311. The van der Waals surface area contributed by atoms with E-state index in [9.17, 15) is 4.79 Å². The molecular formula is C15H27BrN2O. The van der Waals surface area contributed by atoms with E-state index in [0.29, 0.717) is 5.91 Å². The van der Waals surface area contributed by atoms with Gasteiger partial charge in [0.2, 0.25) is 5.91 Å². The number of alkyl halides is 1. The van der Waals surface area contributed by atoms with Crippen LogP contribution < -0.4 is 0 Å². The first-order valence-corrected chi connectivity index (χ1v) is 8.74. The lowest BCUT2D eigenvalue weighted by atomic mass is 9.68. The van der Waals surface area contributed by atoms with E-state index in [2.05, 4.69) is 39.6 Å². The first-order chi connectivity index (χ1) is 9.04. The van der Waals surface area contributed by atoms with Crippen LogP contribution in [0.15, 0.2) is 0 Å². The minimum atomic E-state index is 0.197. The highest BCUT2D eigenvalue weighted by atomic mass is 79.9. The second-order valence-corrected chi connectivity index (χ2v) is 7.44. The van der Waals surface area contributed by atoms with E-state index in [1.807, 2.05) is 0 Å². The second-order valence-electron chi connectivity index (χ2n) is 6.64. The summed E-state index contributed by atoms with van der Waals surface area (Å²) >= 11 is 3.48. The lowest BCUT2D eigenvalue weighted by Crippen LogP contribution is -2.52. The molecule has 2 fully saturated rings. The summed E-state index contributed by atoms with van der Waals surface area (Å²) in [6.07, 6.45) is 4.81. The van der Waals surface area contributed by atoms with Crippen LogP contribution in [-0.2, 0) is 4.79 Å². The number of hydrogen-bond donors (Lipinski definition) is 0. The predicted octanol–water partition coefficient (Wildman–Crippen LogP) is 2.74. The molecule has 0 spiro atoms. The molecule has 19 heavy (non-hydrogen) atoms. The van der Waals surface area contributed by atoms with Crippen molar-refractivity contribution in [2.75, 3.05) is 38.1 Å². The van der Waals surface area contributed by atoms with Crippen LogP contribution in [0.25, 0.3) is 0 Å². The summed E-state index contributed by atoms with van der Waals surface area (Å²) in [7, 11) is 0. The molecule has 1 atom stereocenters. The largest absolute Gasteiger partial charge is 0.340 e. The maximum atomic E-state index is 12.7. The maximum Gasteiger partial charge on any atom is 0.226 e. The molecule has 2 rings (SSSR count). The summed E-state index contributed by atoms with van der Waals surface area (Å²) in [4.78, 5) is 17.3. The zero-order valence-corrected chi connectivity index (χ0v) is 13.9. The standard InChI is InChI=1S/C15H27BrN2O/c1-15(2)6-4-3-5-13(15)14(19)18-11-9-17(8-7-16)10-12-18/h13H,3-12H2,1-2H3. The lowest BCUT2D eigenvalue weighted by Gasteiger charge is -2.42. The van der Waals surface area contributed by atoms with Crippen molar-refractivity contribution < 1.29 is 4.79 Å². The highest BCUT2D eigenvalue weighted by molar-refractivity contribution is 9.09. The minimum Gasteiger partial charge on any atom is -0.340 e. The van der Waals surface area contributed by atoms with Gasteiger partial charge in [-0.2, -0.15) is 0 Å². The normalized spacial score (nSPS) is 28.4. The van der Waals surface area contributed by atoms with E-state index in [0.717, 1.165) is 44.5 Å². The molecule has 2 aliphatic rings. The minimum absolute atomic E-state index is 0.197. The maximum absolute atomic E-state index is 12.7. The zero-order chi connectivity index (χ0) is 13.9. The van der Waals surface area contributed by atoms with Crippen molar-refractivity contribution in [1.29, 1.82) is 0 Å². The zero-order valence-electron chi connectivity index (χ0n) is 12.3. The molecule has 0 aromatic carbocycles. The van der Waals surface area contributed by atoms with Crippen LogP contribution in [0.2, 0.25) is 0 Å². The Hall–Kier alpha value is -0.0900. The van der Waals surface area contributed by atoms with Crippen molar-refractivity contribution in [2.45, 2.75) is 39.5 Å². The Morgan fingerprint density at radius 1 is 1.21 bits per heavy atom. The molecule has 1 saturated heterocycles. The molecular weight excluding hydrogens is 304 g/mol. The van der Waals surface area contributed by atoms with Gasteiger partial charge in [0.1, 0.15) is 0 Å². The molecule has 0 N–H and O–H groups in total. The average molecular weight is 331 g/mol. The highest BCUT2D eigenvalue weighted by Gasteiger charge is 2.39. The van der Waals surface area contributed by atoms with Gasteiger partial charge in [-0.25, -0.2) is 0 Å². The first kappa shape index (κ1) is 15.3. The molecule has 1 amide bonds. The number of amides is 1. The molecule has 0 aromatic rings. The van der Waals surface area contributed by atoms with Crippen molar-refractivity contribution in [3.8, 4) is 0 Å². The van der Waals surface area contributed by atoms with Crippen LogP contribution in [-0.4, -0.2) is 53.8 Å². The van der Waals surface area contributed by atoms with Crippen molar-refractivity contribution in [1.82, 2.24) is 9.80 Å². The van der Waals surface area contributed by atoms with Gasteiger partial charge < -0.3 is 4.90 Å². The topological polar surface area (TPSA) is 23.6 Å². The quantitative estimate of drug-likeness (QED) is 0.743. The van der Waals surface area contributed by atoms with E-state index in [1.54, 1.807) is 0 Å². The predicted molar refractivity (Wildman–Crippen MR) is 82.6 cm³/mol. The highest BCUT2D eigenvalue weighted by Crippen LogP contribution is 2.41. The van der Waals surface area contributed by atoms with Crippen molar-refractivity contribution in [2.24, 2.45) is 11.3 Å². The van der Waals surface area contributed by atoms with Crippen LogP contribution in [0.4, 0.5) is 0 Å². The Morgan fingerprint density at radius 2 is 1.89 bits per heavy atom. The van der Waals surface area contributed by atoms with Gasteiger partial charge in [-0.15, -0.1) is 0 Å². The number of carbonyl (C=O) groups excluding carboxylic acids is 1. The number of nitrogens with zero attached hydrogens (tertiary/aromatic N) is 2. The monoisotopic (exact) mass is 330 g/mol. The summed E-state index contributed by atoms with van der Waals surface area (Å²) in [5.41, 5.74) is 0.197. The van der Waals surface area contributed by atoms with Crippen molar-refractivity contribution >= 4 is 21.8 Å². The molecule has 0 aromatic heterocycles. The average Bonchev–Trinajstić information content (AvgIpc) is 2.39. The summed E-state index contributed by atoms with van der Waals surface area (Å²) < 4.78 is 0. The number of halogens is 1. The van der Waals surface area contributed by atoms with E-state index in [4.69, 9.17) is 0 Å². The molecule has 110 valence electrons. The molecule has 4 heteroatoms. The molecule has 1 saturated carbocycles. The third kappa shape index (κ3) is 3.72. The third-order valence-electron chi connectivity index (χ3n) is 4.89. The van der Waals surface area contributed by atoms with Gasteiger partial charge in [0.05, 0.1) is 0 Å². The SMILES string of the molecule is CC1(C)CCCCC1C(=O)N1CCN(CCBr)CC1. The molecule has 0 radical (unpaired) electrons. The molecule has 1 heterocycles. The summed E-state index contributed by atoms with van der Waals surface area (Å²) in [6.45, 7) is 9.54. The molecule has 1 aliphatic heterocycles. The summed E-state index contributed by atoms with van der Waals surface area (Å²) in [5, 5.41) is 1.02. The van der Waals surface area contributed by atoms with Crippen LogP contribution in [0, 0.1) is 11.3 Å². The lowest BCUT2D eigenvalue weighted by molar-refractivity contribution is -0.142. The Morgan fingerprint density at radius 3 is 2.47 bits per heavy atom. The molecule has 1 aliphatic carbocycles. The fraction of sp³-hybridized carbons (Fsp3) is 0.933. The van der Waals surface area contributed by atoms with E-state index in [1.165, 1.54) is 19.3 Å². The summed E-state index contributed by atoms with van der Waals surface area (Å²) in [6, 6.07) is 0. The first-order valence-electron chi connectivity index (χ1n) is 7.62. The number of hydrogen-bond acceptors (Lipinski definition) is 2. The van der Waals surface area contributed by atoms with Gasteiger partial charge in [0, 0.05) is 44.0 Å². The Labute approximate surface area is 125 Å². The van der Waals surface area contributed by atoms with Gasteiger partial charge in [-0.3, -0.25) is 9.69 Å². The van der Waals surface area contributed by atoms with Crippen molar-refractivity contribution in [3.63, 3.8) is 0 Å². The number of carbonyl (C=O) groups is 1. The smallest absolute Gasteiger partial charge is 0.226 e. The van der Waals surface area contributed by atoms with Crippen molar-refractivity contribution in [3.05, 3.63) is 0 Å². The number of piperazine rings is 1. The van der Waals surface area contributed by atoms with Gasteiger partial charge in [-0.05, 0) is 18.3 Å². The fourth-order valence-electron chi connectivity index (χ4n) is 3.48. The summed E-state index contributed by atoms with van der Waals surface area (Å²) in [5.74, 6) is 0.673. The molecule has 0 bridgehead atoms. The molecule has 3 nitrogen and oxygen atoms in total. The van der Waals surface area contributed by atoms with Gasteiger partial charge >= 0.3 is 0 Å². The third-order valence-corrected chi connectivity index (χ3v) is 5.24. The van der Waals surface area contributed by atoms with Crippen LogP contribution in [0.1, 0.15) is 39.5 Å².